The van der Waals surface area contributed by atoms with Gasteiger partial charge in [-0.1, -0.05) is 48.0 Å². The van der Waals surface area contributed by atoms with Crippen molar-refractivity contribution >= 4 is 23.5 Å². The first-order valence-electron chi connectivity index (χ1n) is 8.30. The maximum absolute atomic E-state index is 11.6. The third-order valence-electron chi connectivity index (χ3n) is 3.80. The third-order valence-corrected chi connectivity index (χ3v) is 4.03. The zero-order valence-corrected chi connectivity index (χ0v) is 15.4. The number of carbonyl (C=O) groups excluding carboxylic acids is 1. The minimum absolute atomic E-state index is 0.148. The largest absolute Gasteiger partial charge is 0.479 e. The number of hydrogen-bond donors (Lipinski definition) is 1. The number of ether oxygens (including phenoxy) is 2. The predicted octanol–water partition coefficient (Wildman–Crippen LogP) is 3.97. The van der Waals surface area contributed by atoms with Gasteiger partial charge in [0.2, 0.25) is 0 Å². The number of carboxylic acids is 1. The van der Waals surface area contributed by atoms with E-state index in [0.717, 1.165) is 16.7 Å². The van der Waals surface area contributed by atoms with E-state index in [1.165, 1.54) is 6.92 Å². The van der Waals surface area contributed by atoms with E-state index >= 15 is 0 Å². The lowest BCUT2D eigenvalue weighted by atomic mass is 10.0. The zero-order chi connectivity index (χ0) is 19.1. The van der Waals surface area contributed by atoms with E-state index in [0.29, 0.717) is 5.02 Å². The van der Waals surface area contributed by atoms with Crippen molar-refractivity contribution < 1.29 is 24.2 Å². The second-order valence-electron chi connectivity index (χ2n) is 5.77. The fourth-order valence-corrected chi connectivity index (χ4v) is 2.66. The van der Waals surface area contributed by atoms with Crippen molar-refractivity contribution in [2.24, 2.45) is 0 Å². The second kappa shape index (κ2) is 9.36. The number of hydrogen-bond acceptors (Lipinski definition) is 4. The van der Waals surface area contributed by atoms with Gasteiger partial charge in [-0.3, -0.25) is 0 Å². The van der Waals surface area contributed by atoms with Crippen LogP contribution in [0.1, 0.15) is 19.4 Å². The fraction of sp³-hybridized carbons (Fsp3) is 0.300. The molecule has 0 aliphatic heterocycles. The van der Waals surface area contributed by atoms with E-state index in [1.807, 2.05) is 42.5 Å². The highest BCUT2D eigenvalue weighted by Crippen LogP contribution is 2.23. The van der Waals surface area contributed by atoms with Gasteiger partial charge in [0.15, 0.2) is 12.2 Å². The summed E-state index contributed by atoms with van der Waals surface area (Å²) >= 11 is 6.01. The van der Waals surface area contributed by atoms with Gasteiger partial charge in [-0.05, 0) is 42.7 Å². The summed E-state index contributed by atoms with van der Waals surface area (Å²) in [6, 6.07) is 15.0. The smallest absolute Gasteiger partial charge is 0.334 e. The van der Waals surface area contributed by atoms with Gasteiger partial charge in [0.25, 0.3) is 0 Å². The number of halogens is 1. The zero-order valence-electron chi connectivity index (χ0n) is 14.6. The molecule has 2 aromatic rings. The average molecular weight is 377 g/mol. The molecule has 0 bridgehead atoms. The minimum atomic E-state index is -1.13. The molecule has 2 aromatic carbocycles. The van der Waals surface area contributed by atoms with Crippen molar-refractivity contribution in [1.29, 1.82) is 0 Å². The van der Waals surface area contributed by atoms with Crippen molar-refractivity contribution in [3.63, 3.8) is 0 Å². The molecule has 0 aromatic heterocycles. The summed E-state index contributed by atoms with van der Waals surface area (Å²) in [6.45, 7) is 3.38. The lowest BCUT2D eigenvalue weighted by molar-refractivity contribution is -0.167. The van der Waals surface area contributed by atoms with E-state index in [9.17, 15) is 14.7 Å². The van der Waals surface area contributed by atoms with E-state index in [4.69, 9.17) is 21.1 Å². The third kappa shape index (κ3) is 5.58. The highest BCUT2D eigenvalue weighted by Gasteiger charge is 2.25. The summed E-state index contributed by atoms with van der Waals surface area (Å²) in [4.78, 5) is 23.1. The summed E-state index contributed by atoms with van der Waals surface area (Å²) in [5, 5.41) is 10.0. The molecule has 0 spiro atoms. The van der Waals surface area contributed by atoms with Gasteiger partial charge in [-0.25, -0.2) is 9.59 Å². The average Bonchev–Trinajstić information content (AvgIpc) is 2.61. The van der Waals surface area contributed by atoms with Crippen molar-refractivity contribution in [1.82, 2.24) is 0 Å². The lowest BCUT2D eigenvalue weighted by Crippen LogP contribution is -2.34. The highest BCUT2D eigenvalue weighted by atomic mass is 35.5. The summed E-state index contributed by atoms with van der Waals surface area (Å²) < 4.78 is 10.2. The molecule has 0 aliphatic carbocycles. The Balaban J connectivity index is 2.07. The van der Waals surface area contributed by atoms with Crippen LogP contribution in [0.2, 0.25) is 5.02 Å². The van der Waals surface area contributed by atoms with E-state index < -0.39 is 24.1 Å². The molecule has 0 unspecified atom stereocenters. The fourth-order valence-electron chi connectivity index (χ4n) is 2.47. The summed E-state index contributed by atoms with van der Waals surface area (Å²) in [5.41, 5.74) is 2.74. The van der Waals surface area contributed by atoms with Crippen LogP contribution in [0, 0.1) is 0 Å². The molecule has 0 saturated heterocycles. The SMILES string of the molecule is CCOC(=O)[C@H](C)O[C@@H](Cc1ccc(-c2cccc(Cl)c2)cc1)C(=O)O. The molecule has 0 radical (unpaired) electrons. The van der Waals surface area contributed by atoms with Crippen molar-refractivity contribution in [2.45, 2.75) is 32.5 Å². The predicted molar refractivity (Wildman–Crippen MR) is 99.2 cm³/mol. The van der Waals surface area contributed by atoms with Crippen LogP contribution < -0.4 is 0 Å². The van der Waals surface area contributed by atoms with Gasteiger partial charge in [0.1, 0.15) is 0 Å². The van der Waals surface area contributed by atoms with Gasteiger partial charge in [0.05, 0.1) is 6.61 Å². The number of carbonyl (C=O) groups is 2. The maximum Gasteiger partial charge on any atom is 0.334 e. The highest BCUT2D eigenvalue weighted by molar-refractivity contribution is 6.30. The van der Waals surface area contributed by atoms with Crippen LogP contribution in [-0.2, 0) is 25.5 Å². The number of aliphatic carboxylic acids is 1. The van der Waals surface area contributed by atoms with Crippen LogP contribution in [0.4, 0.5) is 0 Å². The molecule has 6 heteroatoms. The lowest BCUT2D eigenvalue weighted by Gasteiger charge is -2.18. The molecule has 5 nitrogen and oxygen atoms in total. The van der Waals surface area contributed by atoms with Gasteiger partial charge in [-0.15, -0.1) is 0 Å². The molecule has 0 heterocycles. The normalized spacial score (nSPS) is 13.0. The molecule has 2 rings (SSSR count). The first-order valence-corrected chi connectivity index (χ1v) is 8.68. The molecule has 0 amide bonds. The van der Waals surface area contributed by atoms with Crippen molar-refractivity contribution in [3.8, 4) is 11.1 Å². The Morgan fingerprint density at radius 2 is 1.81 bits per heavy atom. The molecule has 0 saturated carbocycles. The Morgan fingerprint density at radius 3 is 2.38 bits per heavy atom. The Bertz CT molecular complexity index is 757. The van der Waals surface area contributed by atoms with E-state index in [-0.39, 0.29) is 13.0 Å². The molecular weight excluding hydrogens is 356 g/mol. The summed E-state index contributed by atoms with van der Waals surface area (Å²) in [7, 11) is 0. The van der Waals surface area contributed by atoms with Crippen molar-refractivity contribution in [2.75, 3.05) is 6.61 Å². The molecule has 0 fully saturated rings. The molecular formula is C20H21ClO5. The van der Waals surface area contributed by atoms with E-state index in [1.54, 1.807) is 13.0 Å². The van der Waals surface area contributed by atoms with Gasteiger partial charge >= 0.3 is 11.9 Å². The van der Waals surface area contributed by atoms with Crippen LogP contribution in [-0.4, -0.2) is 35.9 Å². The van der Waals surface area contributed by atoms with Crippen LogP contribution >= 0.6 is 11.6 Å². The number of benzene rings is 2. The Morgan fingerprint density at radius 1 is 1.12 bits per heavy atom. The Kier molecular flexibility index (Phi) is 7.18. The number of carboxylic acid groups (broad SMARTS) is 1. The van der Waals surface area contributed by atoms with Gasteiger partial charge < -0.3 is 14.6 Å². The number of esters is 1. The molecule has 138 valence electrons. The number of rotatable bonds is 8. The van der Waals surface area contributed by atoms with Crippen LogP contribution in [0.25, 0.3) is 11.1 Å². The summed E-state index contributed by atoms with van der Waals surface area (Å²) in [5.74, 6) is -1.70. The van der Waals surface area contributed by atoms with Crippen LogP contribution in [0.5, 0.6) is 0 Å². The van der Waals surface area contributed by atoms with E-state index in [2.05, 4.69) is 0 Å². The summed E-state index contributed by atoms with van der Waals surface area (Å²) in [6.07, 6.45) is -1.93. The molecule has 1 N–H and O–H groups in total. The monoisotopic (exact) mass is 376 g/mol. The minimum Gasteiger partial charge on any atom is -0.479 e. The van der Waals surface area contributed by atoms with Crippen LogP contribution in [0.15, 0.2) is 48.5 Å². The second-order valence-corrected chi connectivity index (χ2v) is 6.21. The quantitative estimate of drug-likeness (QED) is 0.706. The first kappa shape index (κ1) is 19.9. The Labute approximate surface area is 157 Å². The molecule has 0 aliphatic rings. The molecule has 26 heavy (non-hydrogen) atoms. The van der Waals surface area contributed by atoms with Gasteiger partial charge in [-0.2, -0.15) is 0 Å². The van der Waals surface area contributed by atoms with Crippen molar-refractivity contribution in [3.05, 3.63) is 59.1 Å². The van der Waals surface area contributed by atoms with Crippen LogP contribution in [0.3, 0.4) is 0 Å². The first-order chi connectivity index (χ1) is 12.4. The molecule has 2 atom stereocenters. The van der Waals surface area contributed by atoms with Gasteiger partial charge in [0, 0.05) is 11.4 Å². The standard InChI is InChI=1S/C20H21ClO5/c1-3-25-20(24)13(2)26-18(19(22)23)11-14-7-9-15(10-8-14)16-5-4-6-17(21)12-16/h4-10,12-13,18H,3,11H2,1-2H3,(H,22,23)/t13-,18-/m0/s1. The Hall–Kier alpha value is -2.37. The topological polar surface area (TPSA) is 72.8 Å². The maximum atomic E-state index is 11.6.